The summed E-state index contributed by atoms with van der Waals surface area (Å²) in [5.41, 5.74) is 4.77. The first-order valence-corrected chi connectivity index (χ1v) is 6.84. The molecule has 0 amide bonds. The largest absolute Gasteiger partial charge is 0.497 e. The second-order valence-corrected chi connectivity index (χ2v) is 5.16. The summed E-state index contributed by atoms with van der Waals surface area (Å²) >= 11 is 0. The van der Waals surface area contributed by atoms with Crippen LogP contribution in [0, 0.1) is 0 Å². The number of fused-ring (bicyclic) bond motifs is 2. The van der Waals surface area contributed by atoms with Crippen LogP contribution in [0.1, 0.15) is 13.2 Å². The number of nitrogens with zero attached hydrogens (tertiary/aromatic N) is 2. The van der Waals surface area contributed by atoms with Crippen LogP contribution >= 0.6 is 0 Å². The first-order valence-electron chi connectivity index (χ1n) is 6.84. The van der Waals surface area contributed by atoms with E-state index in [4.69, 9.17) is 4.74 Å². The molecule has 2 N–H and O–H groups in total. The Labute approximate surface area is 121 Å². The van der Waals surface area contributed by atoms with Gasteiger partial charge in [0.05, 0.1) is 23.7 Å². The van der Waals surface area contributed by atoms with Crippen LogP contribution in [-0.4, -0.2) is 22.0 Å². The van der Waals surface area contributed by atoms with Crippen molar-refractivity contribution in [3.05, 3.63) is 36.4 Å². The van der Waals surface area contributed by atoms with E-state index in [0.717, 1.165) is 39.3 Å². The highest BCUT2D eigenvalue weighted by molar-refractivity contribution is 6.09. The molecule has 0 aliphatic carbocycles. The molecule has 1 aromatic heterocycles. The SMILES string of the molecule is COc1ccc2c(c1)-c1nn(C(C)O)c3cccc(c13)N2. The fraction of sp³-hybridized carbons (Fsp3) is 0.188. The van der Waals surface area contributed by atoms with Gasteiger partial charge in [0.2, 0.25) is 0 Å². The lowest BCUT2D eigenvalue weighted by Gasteiger charge is -2.18. The Hall–Kier alpha value is -2.53. The molecule has 0 saturated carbocycles. The molecule has 1 aliphatic heterocycles. The molecule has 0 saturated heterocycles. The number of methoxy groups -OCH3 is 1. The van der Waals surface area contributed by atoms with Gasteiger partial charge >= 0.3 is 0 Å². The van der Waals surface area contributed by atoms with Crippen LogP contribution < -0.4 is 10.1 Å². The van der Waals surface area contributed by atoms with Gasteiger partial charge in [-0.3, -0.25) is 0 Å². The molecule has 3 aromatic rings. The highest BCUT2D eigenvalue weighted by Gasteiger charge is 2.24. The molecule has 2 heterocycles. The van der Waals surface area contributed by atoms with Crippen LogP contribution in [-0.2, 0) is 0 Å². The molecule has 0 bridgehead atoms. The first-order chi connectivity index (χ1) is 10.2. The lowest BCUT2D eigenvalue weighted by Crippen LogP contribution is -2.05. The maximum atomic E-state index is 9.95. The van der Waals surface area contributed by atoms with Gasteiger partial charge in [-0.15, -0.1) is 0 Å². The molecule has 0 spiro atoms. The summed E-state index contributed by atoms with van der Waals surface area (Å²) in [6.07, 6.45) is -0.677. The number of ether oxygens (including phenoxy) is 1. The zero-order valence-corrected chi connectivity index (χ0v) is 11.8. The number of nitrogens with one attached hydrogen (secondary N) is 1. The Morgan fingerprint density at radius 3 is 2.86 bits per heavy atom. The van der Waals surface area contributed by atoms with Crippen LogP contribution in [0.4, 0.5) is 11.4 Å². The van der Waals surface area contributed by atoms with Crippen molar-refractivity contribution in [3.8, 4) is 17.0 Å². The normalized spacial score (nSPS) is 13.7. The van der Waals surface area contributed by atoms with E-state index in [2.05, 4.69) is 10.4 Å². The smallest absolute Gasteiger partial charge is 0.144 e. The summed E-state index contributed by atoms with van der Waals surface area (Å²) in [5, 5.41) is 19.0. The molecule has 4 rings (SSSR count). The van der Waals surface area contributed by atoms with Crippen LogP contribution in [0.15, 0.2) is 36.4 Å². The van der Waals surface area contributed by atoms with Crippen molar-refractivity contribution in [1.82, 2.24) is 9.78 Å². The van der Waals surface area contributed by atoms with Gasteiger partial charge in [-0.25, -0.2) is 4.68 Å². The quantitative estimate of drug-likeness (QED) is 0.592. The molecular weight excluding hydrogens is 266 g/mol. The molecule has 5 nitrogen and oxygen atoms in total. The van der Waals surface area contributed by atoms with Crippen molar-refractivity contribution in [2.45, 2.75) is 13.2 Å². The number of anilines is 2. The summed E-state index contributed by atoms with van der Waals surface area (Å²) in [6.45, 7) is 1.71. The molecular formula is C16H15N3O2. The highest BCUT2D eigenvalue weighted by Crippen LogP contribution is 2.44. The third-order valence-corrected chi connectivity index (χ3v) is 3.84. The summed E-state index contributed by atoms with van der Waals surface area (Å²) in [6, 6.07) is 11.8. The van der Waals surface area contributed by atoms with Crippen molar-refractivity contribution in [3.63, 3.8) is 0 Å². The highest BCUT2D eigenvalue weighted by atomic mass is 16.5. The van der Waals surface area contributed by atoms with Gasteiger partial charge in [0.25, 0.3) is 0 Å². The average molecular weight is 281 g/mol. The molecule has 1 atom stereocenters. The number of aliphatic hydroxyl groups excluding tert-OH is 1. The standard InChI is InChI=1S/C16H15N3O2/c1-9(20)19-14-5-3-4-13-15(14)16(18-19)11-8-10(21-2)6-7-12(11)17-13/h3-9,17,20H,1-2H3. The van der Waals surface area contributed by atoms with Crippen LogP contribution in [0.3, 0.4) is 0 Å². The van der Waals surface area contributed by atoms with E-state index in [9.17, 15) is 5.11 Å². The van der Waals surface area contributed by atoms with Crippen LogP contribution in [0.25, 0.3) is 22.2 Å². The molecule has 0 fully saturated rings. The van der Waals surface area contributed by atoms with Gasteiger partial charge in [0.15, 0.2) is 0 Å². The van der Waals surface area contributed by atoms with Crippen LogP contribution in [0.5, 0.6) is 5.75 Å². The number of hydrogen-bond donors (Lipinski definition) is 2. The van der Waals surface area contributed by atoms with Gasteiger partial charge < -0.3 is 15.2 Å². The van der Waals surface area contributed by atoms with E-state index in [1.54, 1.807) is 18.7 Å². The number of aliphatic hydroxyl groups is 1. The molecule has 2 aromatic carbocycles. The summed E-state index contributed by atoms with van der Waals surface area (Å²) < 4.78 is 6.95. The monoisotopic (exact) mass is 281 g/mol. The van der Waals surface area contributed by atoms with Crippen molar-refractivity contribution >= 4 is 22.3 Å². The first kappa shape index (κ1) is 12.2. The van der Waals surface area contributed by atoms with Gasteiger partial charge in [-0.2, -0.15) is 5.10 Å². The fourth-order valence-corrected chi connectivity index (χ4v) is 2.87. The summed E-state index contributed by atoms with van der Waals surface area (Å²) in [5.74, 6) is 0.787. The topological polar surface area (TPSA) is 59.3 Å². The van der Waals surface area contributed by atoms with E-state index >= 15 is 0 Å². The molecule has 1 unspecified atom stereocenters. The van der Waals surface area contributed by atoms with E-state index in [1.165, 1.54) is 0 Å². The minimum atomic E-state index is -0.677. The maximum absolute atomic E-state index is 9.95. The Bertz CT molecular complexity index is 852. The van der Waals surface area contributed by atoms with E-state index in [-0.39, 0.29) is 0 Å². The minimum absolute atomic E-state index is 0.677. The average Bonchev–Trinajstić information content (AvgIpc) is 2.89. The van der Waals surface area contributed by atoms with Crippen LogP contribution in [0.2, 0.25) is 0 Å². The zero-order valence-electron chi connectivity index (χ0n) is 11.8. The number of aromatic nitrogens is 2. The molecule has 5 heteroatoms. The van der Waals surface area contributed by atoms with Crippen molar-refractivity contribution in [2.75, 3.05) is 12.4 Å². The lowest BCUT2D eigenvalue weighted by molar-refractivity contribution is 0.116. The third-order valence-electron chi connectivity index (χ3n) is 3.84. The predicted molar refractivity (Wildman–Crippen MR) is 81.9 cm³/mol. The Balaban J connectivity index is 2.08. The third kappa shape index (κ3) is 1.64. The minimum Gasteiger partial charge on any atom is -0.497 e. The predicted octanol–water partition coefficient (Wildman–Crippen LogP) is 3.28. The van der Waals surface area contributed by atoms with E-state index in [1.807, 2.05) is 36.4 Å². The molecule has 106 valence electrons. The Morgan fingerprint density at radius 1 is 1.24 bits per heavy atom. The molecule has 0 radical (unpaired) electrons. The van der Waals surface area contributed by atoms with Crippen molar-refractivity contribution in [2.24, 2.45) is 0 Å². The summed E-state index contributed by atoms with van der Waals surface area (Å²) in [4.78, 5) is 0. The van der Waals surface area contributed by atoms with Gasteiger partial charge in [-0.1, -0.05) is 6.07 Å². The fourth-order valence-electron chi connectivity index (χ4n) is 2.87. The second-order valence-electron chi connectivity index (χ2n) is 5.16. The maximum Gasteiger partial charge on any atom is 0.144 e. The van der Waals surface area contributed by atoms with E-state index < -0.39 is 6.23 Å². The van der Waals surface area contributed by atoms with Gasteiger partial charge in [0, 0.05) is 11.3 Å². The van der Waals surface area contributed by atoms with E-state index in [0.29, 0.717) is 0 Å². The molecule has 1 aliphatic rings. The van der Waals surface area contributed by atoms with Gasteiger partial charge in [0.1, 0.15) is 17.7 Å². The second kappa shape index (κ2) is 4.23. The lowest BCUT2D eigenvalue weighted by atomic mass is 10.00. The van der Waals surface area contributed by atoms with Gasteiger partial charge in [-0.05, 0) is 37.3 Å². The molecule has 21 heavy (non-hydrogen) atoms. The van der Waals surface area contributed by atoms with Crippen molar-refractivity contribution < 1.29 is 9.84 Å². The zero-order chi connectivity index (χ0) is 14.6. The Kier molecular flexibility index (Phi) is 2.46. The number of benzene rings is 2. The number of hydrogen-bond acceptors (Lipinski definition) is 4. The summed E-state index contributed by atoms with van der Waals surface area (Å²) in [7, 11) is 1.65. The Morgan fingerprint density at radius 2 is 2.10 bits per heavy atom. The number of rotatable bonds is 2. The van der Waals surface area contributed by atoms with Crippen molar-refractivity contribution in [1.29, 1.82) is 0 Å².